The van der Waals surface area contributed by atoms with Crippen LogP contribution in [-0.4, -0.2) is 36.2 Å². The molecule has 1 saturated carbocycles. The molecule has 0 saturated heterocycles. The van der Waals surface area contributed by atoms with E-state index in [1.165, 1.54) is 0 Å². The molecule has 1 fully saturated rings. The lowest BCUT2D eigenvalue weighted by atomic mass is 9.86. The minimum Gasteiger partial charge on any atom is -0.389 e. The molecule has 0 radical (unpaired) electrons. The third kappa shape index (κ3) is 2.51. The molecule has 0 aromatic heterocycles. The number of rotatable bonds is 1. The van der Waals surface area contributed by atoms with E-state index in [1.54, 1.807) is 11.9 Å². The Labute approximate surface area is 147 Å². The van der Waals surface area contributed by atoms with Gasteiger partial charge >= 0.3 is 0 Å². The van der Waals surface area contributed by atoms with Gasteiger partial charge in [0.25, 0.3) is 5.91 Å². The van der Waals surface area contributed by atoms with Gasteiger partial charge in [0.1, 0.15) is 0 Å². The second-order valence-corrected chi connectivity index (χ2v) is 6.89. The molecule has 130 valence electrons. The van der Waals surface area contributed by atoms with Crippen LogP contribution in [0.3, 0.4) is 0 Å². The van der Waals surface area contributed by atoms with Gasteiger partial charge in [0.2, 0.25) is 0 Å². The molecule has 1 amide bonds. The minimum atomic E-state index is -0.631. The van der Waals surface area contributed by atoms with Crippen LogP contribution in [0, 0.1) is 0 Å². The molecule has 5 nitrogen and oxygen atoms in total. The van der Waals surface area contributed by atoms with Crippen LogP contribution in [-0.2, 0) is 0 Å². The average molecular weight is 337 g/mol. The molecular formula is C20H23N3O2. The number of anilines is 3. The standard InChI is InChI=1S/C20H23N3O2/c1-22-16-10-4-5-11-17(16)23(18-12-6-8-14(21)19(18)24)15-9-3-2-7-13(15)20(22)25/h2-5,7,9-11,14,18-19,24H,6,8,12,21H2,1H3/t14-,18+,19+/m0/s1. The first-order valence-corrected chi connectivity index (χ1v) is 8.78. The van der Waals surface area contributed by atoms with E-state index in [2.05, 4.69) is 4.90 Å². The highest BCUT2D eigenvalue weighted by molar-refractivity contribution is 6.13. The van der Waals surface area contributed by atoms with Gasteiger partial charge in [-0.15, -0.1) is 0 Å². The van der Waals surface area contributed by atoms with Crippen molar-refractivity contribution in [3.8, 4) is 0 Å². The summed E-state index contributed by atoms with van der Waals surface area (Å²) in [5.74, 6) is -0.0415. The van der Waals surface area contributed by atoms with Gasteiger partial charge < -0.3 is 20.6 Å². The van der Waals surface area contributed by atoms with E-state index >= 15 is 0 Å². The van der Waals surface area contributed by atoms with Crippen LogP contribution in [0.1, 0.15) is 29.6 Å². The van der Waals surface area contributed by atoms with Crippen molar-refractivity contribution in [3.05, 3.63) is 54.1 Å². The molecule has 2 aromatic rings. The summed E-state index contributed by atoms with van der Waals surface area (Å²) in [4.78, 5) is 16.8. The summed E-state index contributed by atoms with van der Waals surface area (Å²) in [6.45, 7) is 0. The predicted molar refractivity (Wildman–Crippen MR) is 99.4 cm³/mol. The van der Waals surface area contributed by atoms with Crippen LogP contribution >= 0.6 is 0 Å². The number of aliphatic hydroxyl groups is 1. The SMILES string of the molecule is CN1C(=O)c2ccccc2N([C@@H]2CCC[C@H](N)[C@H]2O)c2ccccc21. The van der Waals surface area contributed by atoms with Gasteiger partial charge in [-0.05, 0) is 43.5 Å². The van der Waals surface area contributed by atoms with Crippen LogP contribution in [0.2, 0.25) is 0 Å². The van der Waals surface area contributed by atoms with Gasteiger partial charge in [-0.25, -0.2) is 0 Å². The Morgan fingerprint density at radius 1 is 1.00 bits per heavy atom. The maximum Gasteiger partial charge on any atom is 0.260 e. The maximum absolute atomic E-state index is 13.0. The van der Waals surface area contributed by atoms with E-state index in [0.29, 0.717) is 5.56 Å². The van der Waals surface area contributed by atoms with Crippen LogP contribution in [0.15, 0.2) is 48.5 Å². The van der Waals surface area contributed by atoms with Gasteiger partial charge in [-0.3, -0.25) is 4.79 Å². The van der Waals surface area contributed by atoms with E-state index in [4.69, 9.17) is 5.73 Å². The smallest absolute Gasteiger partial charge is 0.260 e. The summed E-state index contributed by atoms with van der Waals surface area (Å²) in [5.41, 5.74) is 9.41. The zero-order valence-corrected chi connectivity index (χ0v) is 14.3. The van der Waals surface area contributed by atoms with Gasteiger partial charge in [-0.2, -0.15) is 0 Å². The number of nitrogens with zero attached hydrogens (tertiary/aromatic N) is 2. The van der Waals surface area contributed by atoms with Crippen LogP contribution < -0.4 is 15.5 Å². The Morgan fingerprint density at radius 3 is 2.40 bits per heavy atom. The molecule has 0 bridgehead atoms. The Hall–Kier alpha value is -2.37. The summed E-state index contributed by atoms with van der Waals surface area (Å²) in [7, 11) is 1.80. The highest BCUT2D eigenvalue weighted by Gasteiger charge is 2.38. The Bertz CT molecular complexity index is 807. The first kappa shape index (κ1) is 16.1. The fraction of sp³-hybridized carbons (Fsp3) is 0.350. The molecule has 1 heterocycles. The predicted octanol–water partition coefficient (Wildman–Crippen LogP) is 2.66. The van der Waals surface area contributed by atoms with Gasteiger partial charge in [0.05, 0.1) is 34.8 Å². The summed E-state index contributed by atoms with van der Waals surface area (Å²) in [5, 5.41) is 10.8. The molecule has 4 rings (SSSR count). The normalized spacial score (nSPS) is 26.0. The van der Waals surface area contributed by atoms with Crippen molar-refractivity contribution >= 4 is 23.0 Å². The van der Waals surface area contributed by atoms with Crippen molar-refractivity contribution in [2.45, 2.75) is 37.5 Å². The number of hydrogen-bond donors (Lipinski definition) is 2. The number of carbonyl (C=O) groups excluding carboxylic acids is 1. The summed E-state index contributed by atoms with van der Waals surface area (Å²) >= 11 is 0. The number of para-hydroxylation sites is 3. The lowest BCUT2D eigenvalue weighted by Gasteiger charge is -2.42. The Balaban J connectivity index is 1.95. The molecule has 25 heavy (non-hydrogen) atoms. The largest absolute Gasteiger partial charge is 0.389 e. The number of carbonyl (C=O) groups is 1. The molecule has 2 aliphatic rings. The van der Waals surface area contributed by atoms with Crippen molar-refractivity contribution < 1.29 is 9.90 Å². The minimum absolute atomic E-state index is 0.0415. The summed E-state index contributed by atoms with van der Waals surface area (Å²) in [6.07, 6.45) is 2.00. The van der Waals surface area contributed by atoms with Crippen LogP contribution in [0.25, 0.3) is 0 Å². The second-order valence-electron chi connectivity index (χ2n) is 6.89. The van der Waals surface area contributed by atoms with Crippen LogP contribution in [0.5, 0.6) is 0 Å². The van der Waals surface area contributed by atoms with Gasteiger partial charge in [0.15, 0.2) is 0 Å². The molecule has 0 unspecified atom stereocenters. The molecule has 0 spiro atoms. The fourth-order valence-electron chi connectivity index (χ4n) is 4.06. The number of aliphatic hydroxyl groups excluding tert-OH is 1. The first-order valence-electron chi connectivity index (χ1n) is 8.78. The van der Waals surface area contributed by atoms with E-state index in [0.717, 1.165) is 36.3 Å². The third-order valence-corrected chi connectivity index (χ3v) is 5.40. The molecule has 1 aliphatic carbocycles. The molecule has 3 atom stereocenters. The number of hydrogen-bond acceptors (Lipinski definition) is 4. The van der Waals surface area contributed by atoms with Crippen LogP contribution in [0.4, 0.5) is 17.1 Å². The second kappa shape index (κ2) is 6.17. The van der Waals surface area contributed by atoms with Crippen molar-refractivity contribution in [1.82, 2.24) is 0 Å². The van der Waals surface area contributed by atoms with Crippen molar-refractivity contribution in [2.24, 2.45) is 5.73 Å². The van der Waals surface area contributed by atoms with Gasteiger partial charge in [-0.1, -0.05) is 24.3 Å². The van der Waals surface area contributed by atoms with E-state index in [9.17, 15) is 9.90 Å². The van der Waals surface area contributed by atoms with E-state index in [-0.39, 0.29) is 18.0 Å². The zero-order chi connectivity index (χ0) is 17.6. The first-order chi connectivity index (χ1) is 12.1. The lowest BCUT2D eigenvalue weighted by molar-refractivity contribution is 0.0877. The number of fused-ring (bicyclic) bond motifs is 2. The highest BCUT2D eigenvalue weighted by Crippen LogP contribution is 2.43. The average Bonchev–Trinajstić information content (AvgIpc) is 2.73. The molecule has 5 heteroatoms. The van der Waals surface area contributed by atoms with Gasteiger partial charge in [0, 0.05) is 13.1 Å². The number of benzene rings is 2. The summed E-state index contributed by atoms with van der Waals surface area (Å²) in [6, 6.07) is 15.1. The van der Waals surface area contributed by atoms with E-state index in [1.807, 2.05) is 48.5 Å². The van der Waals surface area contributed by atoms with Crippen molar-refractivity contribution in [1.29, 1.82) is 0 Å². The lowest BCUT2D eigenvalue weighted by Crippen LogP contribution is -2.53. The third-order valence-electron chi connectivity index (χ3n) is 5.40. The highest BCUT2D eigenvalue weighted by atomic mass is 16.3. The van der Waals surface area contributed by atoms with Crippen molar-refractivity contribution in [3.63, 3.8) is 0 Å². The summed E-state index contributed by atoms with van der Waals surface area (Å²) < 4.78 is 0. The zero-order valence-electron chi connectivity index (χ0n) is 14.3. The Kier molecular flexibility index (Phi) is 3.98. The Morgan fingerprint density at radius 2 is 1.64 bits per heavy atom. The van der Waals surface area contributed by atoms with E-state index < -0.39 is 6.10 Å². The molecular weight excluding hydrogens is 314 g/mol. The molecule has 1 aliphatic heterocycles. The fourth-order valence-corrected chi connectivity index (χ4v) is 4.06. The topological polar surface area (TPSA) is 69.8 Å². The monoisotopic (exact) mass is 337 g/mol. The quantitative estimate of drug-likeness (QED) is 0.839. The van der Waals surface area contributed by atoms with Crippen molar-refractivity contribution in [2.75, 3.05) is 16.8 Å². The number of amides is 1. The number of nitrogens with two attached hydrogens (primary N) is 1. The maximum atomic E-state index is 13.0. The molecule has 2 aromatic carbocycles. The molecule has 3 N–H and O–H groups in total.